The van der Waals surface area contributed by atoms with Crippen LogP contribution in [0.2, 0.25) is 0 Å². The molecule has 16 heavy (non-hydrogen) atoms. The van der Waals surface area contributed by atoms with Crippen LogP contribution < -0.4 is 0 Å². The normalized spacial score (nSPS) is 18.2. The van der Waals surface area contributed by atoms with Gasteiger partial charge in [0.05, 0.1) is 24.3 Å². The molecule has 0 atom stereocenters. The fourth-order valence-corrected chi connectivity index (χ4v) is 1.87. The first-order valence-corrected chi connectivity index (χ1v) is 6.05. The monoisotopic (exact) mass is 255 g/mol. The van der Waals surface area contributed by atoms with E-state index >= 15 is 0 Å². The average Bonchev–Trinajstić information content (AvgIpc) is 2.22. The van der Waals surface area contributed by atoms with E-state index in [1.165, 1.54) is 0 Å². The van der Waals surface area contributed by atoms with Gasteiger partial charge in [-0.25, -0.2) is 4.40 Å². The molecule has 3 nitrogen and oxygen atoms in total. The van der Waals surface area contributed by atoms with Gasteiger partial charge in [0, 0.05) is 0 Å². The van der Waals surface area contributed by atoms with Crippen molar-refractivity contribution in [2.45, 2.75) is 20.8 Å². The molecule has 1 aliphatic carbocycles. The van der Waals surface area contributed by atoms with Gasteiger partial charge in [0.25, 0.3) is 0 Å². The Labute approximate surface area is 105 Å². The molecule has 0 aromatic heterocycles. The molecule has 0 aliphatic heterocycles. The minimum absolute atomic E-state index is 0.0360. The SMILES string of the molecule is CCOC(=S)SN=C1C=C(C)C(=O)C=C1C. The Kier molecular flexibility index (Phi) is 4.89. The highest BCUT2D eigenvalue weighted by molar-refractivity contribution is 8.21. The van der Waals surface area contributed by atoms with Crippen LogP contribution in [0.5, 0.6) is 0 Å². The molecular weight excluding hydrogens is 242 g/mol. The topological polar surface area (TPSA) is 38.7 Å². The summed E-state index contributed by atoms with van der Waals surface area (Å²) in [7, 11) is 0. The molecule has 5 heteroatoms. The van der Waals surface area contributed by atoms with Crippen molar-refractivity contribution in [2.24, 2.45) is 4.40 Å². The summed E-state index contributed by atoms with van der Waals surface area (Å²) in [4.78, 5) is 11.3. The zero-order valence-electron chi connectivity index (χ0n) is 9.44. The molecule has 0 heterocycles. The highest BCUT2D eigenvalue weighted by Gasteiger charge is 2.12. The number of allylic oxidation sites excluding steroid dienone is 4. The van der Waals surface area contributed by atoms with Gasteiger partial charge in [-0.1, -0.05) is 0 Å². The number of thiocarbonyl (C=S) groups is 1. The molecule has 1 aliphatic rings. The standard InChI is InChI=1S/C11H13NO2S2/c1-4-14-11(15)16-12-9-5-8(3)10(13)6-7(9)2/h5-6H,4H2,1-3H3. The van der Waals surface area contributed by atoms with Crippen LogP contribution in [-0.4, -0.2) is 22.5 Å². The predicted molar refractivity (Wildman–Crippen MR) is 71.8 cm³/mol. The number of rotatable bonds is 2. The van der Waals surface area contributed by atoms with Gasteiger partial charge in [-0.15, -0.1) is 0 Å². The van der Waals surface area contributed by atoms with Gasteiger partial charge in [0.1, 0.15) is 0 Å². The van der Waals surface area contributed by atoms with Crippen LogP contribution in [0.1, 0.15) is 20.8 Å². The van der Waals surface area contributed by atoms with E-state index in [9.17, 15) is 4.79 Å². The van der Waals surface area contributed by atoms with Crippen LogP contribution in [0.15, 0.2) is 27.7 Å². The number of ketones is 1. The van der Waals surface area contributed by atoms with Crippen molar-refractivity contribution in [3.63, 3.8) is 0 Å². The molecule has 0 saturated heterocycles. The van der Waals surface area contributed by atoms with Crippen LogP contribution in [0.3, 0.4) is 0 Å². The Morgan fingerprint density at radius 2 is 2.12 bits per heavy atom. The van der Waals surface area contributed by atoms with Crippen molar-refractivity contribution >= 4 is 40.0 Å². The summed E-state index contributed by atoms with van der Waals surface area (Å²) in [5.74, 6) is 0.0360. The third-order valence-corrected chi connectivity index (χ3v) is 2.87. The van der Waals surface area contributed by atoms with Crippen molar-refractivity contribution in [1.82, 2.24) is 0 Å². The van der Waals surface area contributed by atoms with E-state index < -0.39 is 0 Å². The molecule has 0 fully saturated rings. The summed E-state index contributed by atoms with van der Waals surface area (Å²) >= 11 is 6.05. The summed E-state index contributed by atoms with van der Waals surface area (Å²) in [6.07, 6.45) is 3.34. The molecule has 0 bridgehead atoms. The maximum absolute atomic E-state index is 11.3. The Morgan fingerprint density at radius 3 is 2.75 bits per heavy atom. The highest BCUT2D eigenvalue weighted by atomic mass is 32.2. The molecule has 0 spiro atoms. The number of nitrogens with zero attached hydrogens (tertiary/aromatic N) is 1. The van der Waals surface area contributed by atoms with Crippen molar-refractivity contribution in [3.8, 4) is 0 Å². The van der Waals surface area contributed by atoms with Gasteiger partial charge in [-0.2, -0.15) is 0 Å². The number of hydrogen-bond acceptors (Lipinski definition) is 5. The summed E-state index contributed by atoms with van der Waals surface area (Å²) < 4.78 is 9.73. The molecule has 0 radical (unpaired) electrons. The fraction of sp³-hybridized carbons (Fsp3) is 0.364. The smallest absolute Gasteiger partial charge is 0.242 e. The minimum Gasteiger partial charge on any atom is -0.478 e. The zero-order valence-corrected chi connectivity index (χ0v) is 11.1. The molecule has 0 aromatic carbocycles. The highest BCUT2D eigenvalue weighted by Crippen LogP contribution is 2.16. The van der Waals surface area contributed by atoms with Crippen molar-refractivity contribution in [1.29, 1.82) is 0 Å². The van der Waals surface area contributed by atoms with E-state index in [4.69, 9.17) is 17.0 Å². The van der Waals surface area contributed by atoms with Gasteiger partial charge in [0.2, 0.25) is 4.38 Å². The molecule has 1 rings (SSSR count). The van der Waals surface area contributed by atoms with Crippen LogP contribution in [0, 0.1) is 0 Å². The summed E-state index contributed by atoms with van der Waals surface area (Å²) in [5, 5.41) is 0. The first-order valence-electron chi connectivity index (χ1n) is 4.87. The van der Waals surface area contributed by atoms with E-state index in [2.05, 4.69) is 4.40 Å². The lowest BCUT2D eigenvalue weighted by atomic mass is 9.99. The number of ether oxygens (including phenoxy) is 1. The lowest BCUT2D eigenvalue weighted by Gasteiger charge is -2.09. The van der Waals surface area contributed by atoms with Gasteiger partial charge >= 0.3 is 0 Å². The molecule has 0 amide bonds. The maximum atomic E-state index is 11.3. The lowest BCUT2D eigenvalue weighted by Crippen LogP contribution is -2.09. The second kappa shape index (κ2) is 5.96. The molecule has 86 valence electrons. The fourth-order valence-electron chi connectivity index (χ4n) is 1.10. The summed E-state index contributed by atoms with van der Waals surface area (Å²) in [6, 6.07) is 0. The number of carbonyl (C=O) groups excluding carboxylic acids is 1. The van der Waals surface area contributed by atoms with Crippen molar-refractivity contribution < 1.29 is 9.53 Å². The Bertz CT molecular complexity index is 408. The van der Waals surface area contributed by atoms with Crippen LogP contribution in [0.25, 0.3) is 0 Å². The van der Waals surface area contributed by atoms with Gasteiger partial charge in [0.15, 0.2) is 5.78 Å². The minimum atomic E-state index is 0.0360. The van der Waals surface area contributed by atoms with Crippen LogP contribution in [-0.2, 0) is 9.53 Å². The van der Waals surface area contributed by atoms with E-state index in [0.717, 1.165) is 23.2 Å². The van der Waals surface area contributed by atoms with Crippen molar-refractivity contribution in [3.05, 3.63) is 23.3 Å². The summed E-state index contributed by atoms with van der Waals surface area (Å²) in [5.41, 5.74) is 2.30. The van der Waals surface area contributed by atoms with E-state index in [1.54, 1.807) is 19.1 Å². The third-order valence-electron chi connectivity index (χ3n) is 1.97. The Hall–Kier alpha value is -0.940. The second-order valence-corrected chi connectivity index (χ2v) is 4.63. The molecular formula is C11H13NO2S2. The average molecular weight is 255 g/mol. The number of carbonyl (C=O) groups is 1. The molecule has 0 N–H and O–H groups in total. The summed E-state index contributed by atoms with van der Waals surface area (Å²) in [6.45, 7) is 6.03. The van der Waals surface area contributed by atoms with E-state index in [0.29, 0.717) is 16.6 Å². The third kappa shape index (κ3) is 3.57. The van der Waals surface area contributed by atoms with Crippen molar-refractivity contribution in [2.75, 3.05) is 6.61 Å². The number of hydrogen-bond donors (Lipinski definition) is 0. The maximum Gasteiger partial charge on any atom is 0.242 e. The Morgan fingerprint density at radius 1 is 1.44 bits per heavy atom. The first kappa shape index (κ1) is 13.1. The van der Waals surface area contributed by atoms with Crippen LogP contribution >= 0.6 is 24.2 Å². The first-order chi connectivity index (χ1) is 7.54. The van der Waals surface area contributed by atoms with Crippen LogP contribution in [0.4, 0.5) is 0 Å². The quantitative estimate of drug-likeness (QED) is 0.432. The Balaban J connectivity index is 2.73. The van der Waals surface area contributed by atoms with Gasteiger partial charge in [-0.3, -0.25) is 4.79 Å². The molecule has 0 unspecified atom stereocenters. The molecule has 0 saturated carbocycles. The zero-order chi connectivity index (χ0) is 12.1. The van der Waals surface area contributed by atoms with E-state index in [1.807, 2.05) is 13.8 Å². The largest absolute Gasteiger partial charge is 0.478 e. The predicted octanol–water partition coefficient (Wildman–Crippen LogP) is 2.87. The van der Waals surface area contributed by atoms with E-state index in [-0.39, 0.29) is 5.78 Å². The molecule has 0 aromatic rings. The second-order valence-electron chi connectivity index (χ2n) is 3.27. The van der Waals surface area contributed by atoms with Gasteiger partial charge < -0.3 is 4.74 Å². The van der Waals surface area contributed by atoms with Gasteiger partial charge in [-0.05, 0) is 56.3 Å². The lowest BCUT2D eigenvalue weighted by molar-refractivity contribution is -0.111.